The highest BCUT2D eigenvalue weighted by Crippen LogP contribution is 2.20. The Balaban J connectivity index is 1.36. The molecule has 2 heterocycles. The van der Waals surface area contributed by atoms with Gasteiger partial charge >= 0.3 is 12.2 Å². The number of hydrogen-bond donors (Lipinski definition) is 1. The molecule has 0 saturated carbocycles. The summed E-state index contributed by atoms with van der Waals surface area (Å²) in [6, 6.07) is 16.3. The quantitative estimate of drug-likeness (QED) is 0.612. The first kappa shape index (κ1) is 23.4. The van der Waals surface area contributed by atoms with Crippen molar-refractivity contribution in [3.8, 4) is 0 Å². The minimum atomic E-state index is -0.626. The van der Waals surface area contributed by atoms with E-state index in [2.05, 4.69) is 5.32 Å². The molecule has 0 radical (unpaired) electrons. The highest BCUT2D eigenvalue weighted by Gasteiger charge is 2.29. The number of aromatic nitrogens is 1. The number of hydrogen-bond acceptors (Lipinski definition) is 5. The lowest BCUT2D eigenvalue weighted by atomic mass is 10.1. The van der Waals surface area contributed by atoms with E-state index in [0.717, 1.165) is 10.9 Å². The lowest BCUT2D eigenvalue weighted by Gasteiger charge is -2.20. The van der Waals surface area contributed by atoms with E-state index in [4.69, 9.17) is 9.47 Å². The standard InChI is InChI=1S/C26H29N3O5/c1-26(2,3)34-25(32)29-14-11-19-9-10-20(15-22(19)29)23(30)27-21-12-13-28(16-21)24(31)33-17-18-7-5-4-6-8-18/h4-11,14-15,21H,12-13,16-17H2,1-3H3,(H,27,30)/t21-/m0/s1. The van der Waals surface area contributed by atoms with Crippen LogP contribution in [0.1, 0.15) is 43.1 Å². The Morgan fingerprint density at radius 3 is 2.53 bits per heavy atom. The second kappa shape index (κ2) is 9.59. The largest absolute Gasteiger partial charge is 0.445 e. The first-order chi connectivity index (χ1) is 16.2. The van der Waals surface area contributed by atoms with E-state index < -0.39 is 17.8 Å². The second-order valence-electron chi connectivity index (χ2n) is 9.38. The van der Waals surface area contributed by atoms with Gasteiger partial charge in [0.25, 0.3) is 5.91 Å². The van der Waals surface area contributed by atoms with Crippen LogP contribution in [0.15, 0.2) is 60.8 Å². The van der Waals surface area contributed by atoms with Crippen LogP contribution in [0.4, 0.5) is 9.59 Å². The van der Waals surface area contributed by atoms with Crippen molar-refractivity contribution in [2.24, 2.45) is 0 Å². The van der Waals surface area contributed by atoms with Crippen molar-refractivity contribution in [3.63, 3.8) is 0 Å². The van der Waals surface area contributed by atoms with Crippen molar-refractivity contribution in [2.75, 3.05) is 13.1 Å². The van der Waals surface area contributed by atoms with Crippen LogP contribution in [0.3, 0.4) is 0 Å². The third-order valence-electron chi connectivity index (χ3n) is 5.53. The molecule has 1 aliphatic heterocycles. The normalized spacial score (nSPS) is 15.9. The Morgan fingerprint density at radius 2 is 1.79 bits per heavy atom. The monoisotopic (exact) mass is 463 g/mol. The van der Waals surface area contributed by atoms with Crippen LogP contribution in [-0.2, 0) is 16.1 Å². The number of nitrogens with zero attached hydrogens (tertiary/aromatic N) is 2. The average Bonchev–Trinajstić information content (AvgIpc) is 3.43. The maximum absolute atomic E-state index is 12.9. The van der Waals surface area contributed by atoms with Gasteiger partial charge in [-0.05, 0) is 51.0 Å². The van der Waals surface area contributed by atoms with Crippen LogP contribution in [0.2, 0.25) is 0 Å². The summed E-state index contributed by atoms with van der Waals surface area (Å²) in [5.41, 5.74) is 1.33. The van der Waals surface area contributed by atoms with Crippen molar-refractivity contribution >= 4 is 29.0 Å². The van der Waals surface area contributed by atoms with Crippen LogP contribution in [0, 0.1) is 0 Å². The van der Waals surface area contributed by atoms with Gasteiger partial charge in [0.15, 0.2) is 0 Å². The highest BCUT2D eigenvalue weighted by molar-refractivity contribution is 5.99. The molecule has 0 bridgehead atoms. The molecule has 0 spiro atoms. The van der Waals surface area contributed by atoms with Crippen molar-refractivity contribution in [3.05, 3.63) is 71.9 Å². The maximum Gasteiger partial charge on any atom is 0.418 e. The summed E-state index contributed by atoms with van der Waals surface area (Å²) in [4.78, 5) is 39.4. The van der Waals surface area contributed by atoms with Gasteiger partial charge < -0.3 is 19.7 Å². The Hall–Kier alpha value is -3.81. The molecule has 1 fully saturated rings. The zero-order valence-corrected chi connectivity index (χ0v) is 19.6. The minimum Gasteiger partial charge on any atom is -0.445 e. The van der Waals surface area contributed by atoms with Crippen molar-refractivity contribution in [1.29, 1.82) is 0 Å². The first-order valence-corrected chi connectivity index (χ1v) is 11.3. The minimum absolute atomic E-state index is 0.176. The van der Waals surface area contributed by atoms with Crippen molar-refractivity contribution in [2.45, 2.75) is 45.4 Å². The number of benzene rings is 2. The van der Waals surface area contributed by atoms with Gasteiger partial charge in [-0.1, -0.05) is 36.4 Å². The van der Waals surface area contributed by atoms with Gasteiger partial charge in [-0.2, -0.15) is 0 Å². The number of nitrogens with one attached hydrogen (secondary N) is 1. The molecular formula is C26H29N3O5. The fraction of sp³-hybridized carbons (Fsp3) is 0.346. The second-order valence-corrected chi connectivity index (χ2v) is 9.38. The zero-order chi connectivity index (χ0) is 24.3. The summed E-state index contributed by atoms with van der Waals surface area (Å²) in [6.07, 6.45) is 1.39. The lowest BCUT2D eigenvalue weighted by molar-refractivity contribution is 0.0544. The Bertz CT molecular complexity index is 1200. The summed E-state index contributed by atoms with van der Waals surface area (Å²) in [5, 5.41) is 3.81. The third kappa shape index (κ3) is 5.57. The number of carbonyl (C=O) groups is 3. The number of fused-ring (bicyclic) bond motifs is 1. The summed E-state index contributed by atoms with van der Waals surface area (Å²) >= 11 is 0. The maximum atomic E-state index is 12.9. The van der Waals surface area contributed by atoms with E-state index >= 15 is 0 Å². The van der Waals surface area contributed by atoms with Crippen LogP contribution >= 0.6 is 0 Å². The van der Waals surface area contributed by atoms with Gasteiger partial charge in [0.2, 0.25) is 0 Å². The lowest BCUT2D eigenvalue weighted by Crippen LogP contribution is -2.38. The van der Waals surface area contributed by atoms with Crippen molar-refractivity contribution in [1.82, 2.24) is 14.8 Å². The molecule has 4 rings (SSSR count). The molecule has 2 aromatic carbocycles. The molecule has 1 aromatic heterocycles. The van der Waals surface area contributed by atoms with E-state index in [1.54, 1.807) is 56.1 Å². The molecule has 0 unspecified atom stereocenters. The molecule has 3 aromatic rings. The van der Waals surface area contributed by atoms with Gasteiger partial charge in [-0.15, -0.1) is 0 Å². The van der Waals surface area contributed by atoms with Gasteiger partial charge in [0.05, 0.1) is 5.52 Å². The van der Waals surface area contributed by atoms with Crippen LogP contribution in [-0.4, -0.2) is 52.3 Å². The number of carbonyl (C=O) groups excluding carboxylic acids is 3. The third-order valence-corrected chi connectivity index (χ3v) is 5.53. The van der Waals surface area contributed by atoms with Crippen LogP contribution < -0.4 is 5.32 Å². The summed E-state index contributed by atoms with van der Waals surface area (Å²) in [7, 11) is 0. The Morgan fingerprint density at radius 1 is 1.03 bits per heavy atom. The smallest absolute Gasteiger partial charge is 0.418 e. The van der Waals surface area contributed by atoms with E-state index in [1.165, 1.54) is 4.57 Å². The summed E-state index contributed by atoms with van der Waals surface area (Å²) in [6.45, 7) is 6.52. The molecule has 1 N–H and O–H groups in total. The summed E-state index contributed by atoms with van der Waals surface area (Å²) < 4.78 is 12.2. The summed E-state index contributed by atoms with van der Waals surface area (Å²) in [5.74, 6) is -0.261. The topological polar surface area (TPSA) is 89.9 Å². The predicted molar refractivity (Wildman–Crippen MR) is 128 cm³/mol. The van der Waals surface area contributed by atoms with Crippen molar-refractivity contribution < 1.29 is 23.9 Å². The first-order valence-electron chi connectivity index (χ1n) is 11.3. The number of amides is 2. The van der Waals surface area contributed by atoms with Gasteiger partial charge in [0.1, 0.15) is 12.2 Å². The van der Waals surface area contributed by atoms with Gasteiger partial charge in [0, 0.05) is 36.3 Å². The molecule has 8 nitrogen and oxygen atoms in total. The van der Waals surface area contributed by atoms with Crippen LogP contribution in [0.25, 0.3) is 10.9 Å². The highest BCUT2D eigenvalue weighted by atomic mass is 16.6. The van der Waals surface area contributed by atoms with E-state index in [-0.39, 0.29) is 18.6 Å². The number of rotatable bonds is 4. The fourth-order valence-corrected chi connectivity index (χ4v) is 3.86. The molecule has 178 valence electrons. The fourth-order valence-electron chi connectivity index (χ4n) is 3.86. The molecule has 1 saturated heterocycles. The SMILES string of the molecule is CC(C)(C)OC(=O)n1ccc2ccc(C(=O)N[C@H]3CCN(C(=O)OCc4ccccc4)C3)cc21. The number of ether oxygens (including phenoxy) is 2. The Kier molecular flexibility index (Phi) is 6.58. The predicted octanol–water partition coefficient (Wildman–Crippen LogP) is 4.57. The van der Waals surface area contributed by atoms with E-state index in [0.29, 0.717) is 30.6 Å². The van der Waals surface area contributed by atoms with E-state index in [9.17, 15) is 14.4 Å². The number of likely N-dealkylation sites (tertiary alicyclic amines) is 1. The molecular weight excluding hydrogens is 434 g/mol. The van der Waals surface area contributed by atoms with E-state index in [1.807, 2.05) is 30.3 Å². The Labute approximate surface area is 198 Å². The molecule has 2 amide bonds. The molecule has 1 aliphatic rings. The molecule has 1 atom stereocenters. The molecule has 8 heteroatoms. The van der Waals surface area contributed by atoms with Gasteiger partial charge in [-0.25, -0.2) is 9.59 Å². The molecule has 34 heavy (non-hydrogen) atoms. The van der Waals surface area contributed by atoms with Crippen LogP contribution in [0.5, 0.6) is 0 Å². The average molecular weight is 464 g/mol. The van der Waals surface area contributed by atoms with Gasteiger partial charge in [-0.3, -0.25) is 9.36 Å². The molecule has 0 aliphatic carbocycles. The zero-order valence-electron chi connectivity index (χ0n) is 19.6.